The maximum absolute atomic E-state index is 12.4. The lowest BCUT2D eigenvalue weighted by atomic mass is 10.1. The van der Waals surface area contributed by atoms with Crippen molar-refractivity contribution in [2.75, 3.05) is 32.5 Å². The van der Waals surface area contributed by atoms with Crippen molar-refractivity contribution in [1.82, 2.24) is 10.2 Å². The van der Waals surface area contributed by atoms with E-state index in [4.69, 9.17) is 23.2 Å². The van der Waals surface area contributed by atoms with Crippen LogP contribution in [0.3, 0.4) is 0 Å². The molecule has 0 heterocycles. The summed E-state index contributed by atoms with van der Waals surface area (Å²) in [5.74, 6) is -0.566. The Labute approximate surface area is 139 Å². The minimum absolute atomic E-state index is 0.231. The first-order chi connectivity index (χ1) is 10.4. The van der Waals surface area contributed by atoms with E-state index in [9.17, 15) is 9.59 Å². The fraction of sp³-hybridized carbons (Fsp3) is 0.467. The lowest BCUT2D eigenvalue weighted by Crippen LogP contribution is -2.42. The smallest absolute Gasteiger partial charge is 0.240 e. The van der Waals surface area contributed by atoms with E-state index >= 15 is 0 Å². The summed E-state index contributed by atoms with van der Waals surface area (Å²) in [6.07, 6.45) is 1.09. The van der Waals surface area contributed by atoms with Gasteiger partial charge in [0.25, 0.3) is 0 Å². The molecule has 2 amide bonds. The van der Waals surface area contributed by atoms with Crippen LogP contribution in [0.25, 0.3) is 0 Å². The first kappa shape index (κ1) is 17.1. The molecule has 7 heteroatoms. The van der Waals surface area contributed by atoms with E-state index in [1.807, 2.05) is 19.0 Å². The van der Waals surface area contributed by atoms with Crippen LogP contribution in [0.5, 0.6) is 0 Å². The van der Waals surface area contributed by atoms with Crippen molar-refractivity contribution in [3.63, 3.8) is 0 Å². The number of likely N-dealkylation sites (N-methyl/N-ethyl adjacent to an activating group) is 1. The van der Waals surface area contributed by atoms with Crippen LogP contribution in [0, 0.1) is 5.41 Å². The van der Waals surface area contributed by atoms with Crippen LogP contribution < -0.4 is 10.6 Å². The number of hydrogen-bond acceptors (Lipinski definition) is 3. The van der Waals surface area contributed by atoms with Crippen LogP contribution in [0.2, 0.25) is 10.0 Å². The summed E-state index contributed by atoms with van der Waals surface area (Å²) in [4.78, 5) is 26.6. The Balaban J connectivity index is 1.99. The predicted octanol–water partition coefficient (Wildman–Crippen LogP) is 2.39. The Morgan fingerprint density at radius 3 is 2.50 bits per heavy atom. The van der Waals surface area contributed by atoms with Crippen molar-refractivity contribution < 1.29 is 9.59 Å². The zero-order valence-electron chi connectivity index (χ0n) is 12.6. The summed E-state index contributed by atoms with van der Waals surface area (Å²) < 4.78 is 0. The fourth-order valence-electron chi connectivity index (χ4n) is 2.09. The Bertz CT molecular complexity index is 586. The summed E-state index contributed by atoms with van der Waals surface area (Å²) in [5, 5.41) is 6.16. The summed E-state index contributed by atoms with van der Waals surface area (Å²) in [5.41, 5.74) is -0.552. The minimum Gasteiger partial charge on any atom is -0.354 e. The largest absolute Gasteiger partial charge is 0.354 e. The van der Waals surface area contributed by atoms with Gasteiger partial charge in [-0.2, -0.15) is 0 Å². The molecule has 1 aliphatic rings. The molecular weight excluding hydrogens is 325 g/mol. The van der Waals surface area contributed by atoms with Gasteiger partial charge in [-0.3, -0.25) is 9.59 Å². The number of carbonyl (C=O) groups is 2. The molecule has 1 fully saturated rings. The third-order valence-corrected chi connectivity index (χ3v) is 4.48. The van der Waals surface area contributed by atoms with Gasteiger partial charge in [0.15, 0.2) is 0 Å². The minimum atomic E-state index is -0.974. The summed E-state index contributed by atoms with van der Waals surface area (Å²) in [7, 11) is 3.85. The van der Waals surface area contributed by atoms with Crippen LogP contribution in [0.4, 0.5) is 5.69 Å². The van der Waals surface area contributed by atoms with Gasteiger partial charge in [0, 0.05) is 13.1 Å². The molecule has 1 aliphatic carbocycles. The molecule has 0 bridgehead atoms. The molecular formula is C15H19Cl2N3O2. The van der Waals surface area contributed by atoms with E-state index in [2.05, 4.69) is 10.6 Å². The molecule has 0 aromatic heterocycles. The first-order valence-electron chi connectivity index (χ1n) is 7.05. The van der Waals surface area contributed by atoms with Gasteiger partial charge in [-0.15, -0.1) is 0 Å². The molecule has 0 unspecified atom stereocenters. The molecule has 0 aliphatic heterocycles. The zero-order valence-corrected chi connectivity index (χ0v) is 14.1. The lowest BCUT2D eigenvalue weighted by Gasteiger charge is -2.17. The van der Waals surface area contributed by atoms with Crippen LogP contribution in [0.15, 0.2) is 18.2 Å². The van der Waals surface area contributed by atoms with E-state index in [1.165, 1.54) is 0 Å². The Hall–Kier alpha value is -1.30. The molecule has 2 N–H and O–H groups in total. The molecule has 1 aromatic rings. The van der Waals surface area contributed by atoms with Crippen molar-refractivity contribution in [3.8, 4) is 0 Å². The first-order valence-corrected chi connectivity index (χ1v) is 7.81. The molecule has 120 valence electrons. The fourth-order valence-corrected chi connectivity index (χ4v) is 2.43. The van der Waals surface area contributed by atoms with Crippen molar-refractivity contribution in [2.24, 2.45) is 5.41 Å². The van der Waals surface area contributed by atoms with Crippen molar-refractivity contribution in [2.45, 2.75) is 12.8 Å². The Morgan fingerprint density at radius 1 is 1.23 bits per heavy atom. The van der Waals surface area contributed by atoms with Gasteiger partial charge in [-0.25, -0.2) is 0 Å². The number of benzene rings is 1. The number of nitrogens with zero attached hydrogens (tertiary/aromatic N) is 1. The van der Waals surface area contributed by atoms with Crippen LogP contribution in [0.1, 0.15) is 12.8 Å². The Morgan fingerprint density at radius 2 is 1.91 bits per heavy atom. The van der Waals surface area contributed by atoms with Gasteiger partial charge < -0.3 is 15.5 Å². The molecule has 0 saturated heterocycles. The number of amides is 2. The maximum atomic E-state index is 12.4. The Kier molecular flexibility index (Phi) is 5.32. The normalized spacial score (nSPS) is 15.5. The molecule has 5 nitrogen and oxygen atoms in total. The van der Waals surface area contributed by atoms with Gasteiger partial charge in [0.2, 0.25) is 11.8 Å². The zero-order chi connectivity index (χ0) is 16.3. The van der Waals surface area contributed by atoms with Gasteiger partial charge in [0.05, 0.1) is 15.7 Å². The average molecular weight is 344 g/mol. The predicted molar refractivity (Wildman–Crippen MR) is 88.3 cm³/mol. The second kappa shape index (κ2) is 6.86. The highest BCUT2D eigenvalue weighted by molar-refractivity contribution is 6.44. The number of carbonyl (C=O) groups excluding carboxylic acids is 2. The van der Waals surface area contributed by atoms with Crippen LogP contribution in [-0.4, -0.2) is 43.9 Å². The van der Waals surface area contributed by atoms with E-state index in [0.717, 1.165) is 6.54 Å². The number of rotatable bonds is 6. The molecule has 0 radical (unpaired) electrons. The summed E-state index contributed by atoms with van der Waals surface area (Å²) >= 11 is 12.0. The third kappa shape index (κ3) is 3.72. The van der Waals surface area contributed by atoms with Crippen molar-refractivity contribution in [1.29, 1.82) is 0 Å². The van der Waals surface area contributed by atoms with Crippen molar-refractivity contribution >= 4 is 40.7 Å². The van der Waals surface area contributed by atoms with Gasteiger partial charge in [0.1, 0.15) is 5.41 Å². The number of hydrogen-bond donors (Lipinski definition) is 2. The van der Waals surface area contributed by atoms with E-state index in [1.54, 1.807) is 18.2 Å². The van der Waals surface area contributed by atoms with E-state index < -0.39 is 5.41 Å². The summed E-state index contributed by atoms with van der Waals surface area (Å²) in [6, 6.07) is 4.99. The molecule has 1 saturated carbocycles. The van der Waals surface area contributed by atoms with Crippen molar-refractivity contribution in [3.05, 3.63) is 28.2 Å². The SMILES string of the molecule is CN(C)CCNC(=O)C1(C(=O)Nc2cccc(Cl)c2Cl)CC1. The standard InChI is InChI=1S/C15H19Cl2N3O2/c1-20(2)9-8-18-13(21)15(6-7-15)14(22)19-11-5-3-4-10(16)12(11)17/h3-5H,6-9H2,1-2H3,(H,18,21)(H,19,22). The topological polar surface area (TPSA) is 61.4 Å². The molecule has 0 spiro atoms. The number of anilines is 1. The lowest BCUT2D eigenvalue weighted by molar-refractivity contribution is -0.134. The molecule has 0 atom stereocenters. The number of nitrogens with one attached hydrogen (secondary N) is 2. The van der Waals surface area contributed by atoms with Gasteiger partial charge >= 0.3 is 0 Å². The van der Waals surface area contributed by atoms with E-state index in [-0.39, 0.29) is 16.8 Å². The van der Waals surface area contributed by atoms with Crippen LogP contribution >= 0.6 is 23.2 Å². The van der Waals surface area contributed by atoms with Gasteiger partial charge in [-0.05, 0) is 39.1 Å². The average Bonchev–Trinajstić information content (AvgIpc) is 3.25. The second-order valence-electron chi connectivity index (χ2n) is 5.70. The highest BCUT2D eigenvalue weighted by Crippen LogP contribution is 2.47. The van der Waals surface area contributed by atoms with Gasteiger partial charge in [-0.1, -0.05) is 29.3 Å². The monoisotopic (exact) mass is 343 g/mol. The van der Waals surface area contributed by atoms with E-state index in [0.29, 0.717) is 30.1 Å². The van der Waals surface area contributed by atoms with Crippen LogP contribution in [-0.2, 0) is 9.59 Å². The highest BCUT2D eigenvalue weighted by Gasteiger charge is 2.56. The number of halogens is 2. The third-order valence-electron chi connectivity index (χ3n) is 3.66. The molecule has 2 rings (SSSR count). The second-order valence-corrected chi connectivity index (χ2v) is 6.48. The highest BCUT2D eigenvalue weighted by atomic mass is 35.5. The summed E-state index contributed by atoms with van der Waals surface area (Å²) in [6.45, 7) is 1.24. The molecule has 1 aromatic carbocycles. The maximum Gasteiger partial charge on any atom is 0.240 e. The molecule has 22 heavy (non-hydrogen) atoms. The quantitative estimate of drug-likeness (QED) is 0.779.